The smallest absolute Gasteiger partial charge is 0.238 e. The molecule has 0 aliphatic heterocycles. The second-order valence-corrected chi connectivity index (χ2v) is 6.68. The first-order valence-corrected chi connectivity index (χ1v) is 8.63. The Balaban J connectivity index is 1.80. The van der Waals surface area contributed by atoms with Gasteiger partial charge in [0.05, 0.1) is 33.5 Å². The van der Waals surface area contributed by atoms with Gasteiger partial charge in [-0.2, -0.15) is 5.10 Å². The lowest BCUT2D eigenvalue weighted by Crippen LogP contribution is -2.11. The van der Waals surface area contributed by atoms with E-state index in [-0.39, 0.29) is 4.90 Å². The molecule has 24 heavy (non-hydrogen) atoms. The lowest BCUT2D eigenvalue weighted by molar-refractivity contribution is 0.598. The van der Waals surface area contributed by atoms with Gasteiger partial charge < -0.3 is 0 Å². The molecular formula is C16H15N5O2S. The van der Waals surface area contributed by atoms with Crippen LogP contribution in [0, 0.1) is 0 Å². The first-order chi connectivity index (χ1) is 11.4. The molecule has 0 saturated heterocycles. The first-order valence-electron chi connectivity index (χ1n) is 7.09. The Bertz CT molecular complexity index is 1010. The monoisotopic (exact) mass is 341 g/mol. The highest BCUT2D eigenvalue weighted by molar-refractivity contribution is 7.89. The highest BCUT2D eigenvalue weighted by Gasteiger charge is 2.07. The van der Waals surface area contributed by atoms with Crippen LogP contribution in [0.2, 0.25) is 0 Å². The minimum atomic E-state index is -3.70. The summed E-state index contributed by atoms with van der Waals surface area (Å²) in [5.74, 6) is 0. The molecule has 0 saturated carbocycles. The van der Waals surface area contributed by atoms with Crippen LogP contribution in [0.25, 0.3) is 11.0 Å². The van der Waals surface area contributed by atoms with E-state index in [1.807, 2.05) is 31.2 Å². The number of aromatic nitrogens is 2. The zero-order chi connectivity index (χ0) is 17.2. The third-order valence-electron chi connectivity index (χ3n) is 3.35. The van der Waals surface area contributed by atoms with E-state index in [0.717, 1.165) is 11.0 Å². The number of nitrogens with two attached hydrogens (primary N) is 1. The molecule has 0 atom stereocenters. The van der Waals surface area contributed by atoms with Crippen molar-refractivity contribution in [2.45, 2.75) is 11.8 Å². The fourth-order valence-electron chi connectivity index (χ4n) is 2.06. The van der Waals surface area contributed by atoms with Crippen LogP contribution in [0.1, 0.15) is 12.6 Å². The van der Waals surface area contributed by atoms with Gasteiger partial charge in [0.2, 0.25) is 10.0 Å². The number of sulfonamides is 1. The van der Waals surface area contributed by atoms with E-state index in [2.05, 4.69) is 20.5 Å². The Kier molecular flexibility index (Phi) is 4.24. The number of hydrogen-bond donors (Lipinski definition) is 2. The minimum Gasteiger partial charge on any atom is -0.278 e. The number of nitrogens with zero attached hydrogens (tertiary/aromatic N) is 3. The second kappa shape index (κ2) is 6.34. The lowest BCUT2D eigenvalue weighted by Gasteiger charge is -2.05. The summed E-state index contributed by atoms with van der Waals surface area (Å²) in [6.45, 7) is 1.81. The van der Waals surface area contributed by atoms with Gasteiger partial charge in [0.15, 0.2) is 0 Å². The zero-order valence-electron chi connectivity index (χ0n) is 12.8. The molecule has 0 fully saturated rings. The summed E-state index contributed by atoms with van der Waals surface area (Å²) in [5.41, 5.74) is 6.41. The van der Waals surface area contributed by atoms with Gasteiger partial charge in [0, 0.05) is 0 Å². The summed E-state index contributed by atoms with van der Waals surface area (Å²) in [5, 5.41) is 9.31. The van der Waals surface area contributed by atoms with Gasteiger partial charge in [0.25, 0.3) is 0 Å². The molecule has 0 aliphatic carbocycles. The summed E-state index contributed by atoms with van der Waals surface area (Å²) < 4.78 is 22.4. The van der Waals surface area contributed by atoms with E-state index >= 15 is 0 Å². The Morgan fingerprint density at radius 2 is 1.75 bits per heavy atom. The van der Waals surface area contributed by atoms with Crippen LogP contribution < -0.4 is 10.6 Å². The number of rotatable bonds is 4. The van der Waals surface area contributed by atoms with Crippen LogP contribution in [-0.4, -0.2) is 24.1 Å². The number of primary sulfonamides is 1. The summed E-state index contributed by atoms with van der Waals surface area (Å²) in [6, 6.07) is 13.6. The molecule has 3 aromatic rings. The molecule has 2 aromatic carbocycles. The summed E-state index contributed by atoms with van der Waals surface area (Å²) in [4.78, 5) is 8.90. The van der Waals surface area contributed by atoms with Crippen LogP contribution >= 0.6 is 0 Å². The Morgan fingerprint density at radius 3 is 2.42 bits per heavy atom. The van der Waals surface area contributed by atoms with Gasteiger partial charge >= 0.3 is 0 Å². The molecule has 7 nitrogen and oxygen atoms in total. The van der Waals surface area contributed by atoms with Crippen LogP contribution in [0.4, 0.5) is 5.69 Å². The van der Waals surface area contributed by atoms with Gasteiger partial charge in [-0.1, -0.05) is 12.1 Å². The number of benzene rings is 2. The van der Waals surface area contributed by atoms with E-state index in [1.165, 1.54) is 12.1 Å². The maximum atomic E-state index is 11.2. The number of anilines is 1. The quantitative estimate of drug-likeness (QED) is 0.558. The number of hydrazone groups is 1. The normalized spacial score (nSPS) is 12.3. The van der Waals surface area contributed by atoms with Gasteiger partial charge in [0.1, 0.15) is 5.69 Å². The average Bonchev–Trinajstić information content (AvgIpc) is 2.59. The van der Waals surface area contributed by atoms with Crippen molar-refractivity contribution in [1.29, 1.82) is 0 Å². The van der Waals surface area contributed by atoms with Crippen molar-refractivity contribution in [2.75, 3.05) is 5.43 Å². The van der Waals surface area contributed by atoms with E-state index < -0.39 is 10.0 Å². The van der Waals surface area contributed by atoms with Crippen molar-refractivity contribution in [3.8, 4) is 0 Å². The van der Waals surface area contributed by atoms with Crippen molar-refractivity contribution in [2.24, 2.45) is 10.2 Å². The van der Waals surface area contributed by atoms with Crippen molar-refractivity contribution in [3.05, 3.63) is 60.4 Å². The SMILES string of the molecule is C/C(=N\Nc1ccc(S(N)(=O)=O)cc1)c1cnc2ccccc2n1. The molecule has 3 rings (SSSR count). The highest BCUT2D eigenvalue weighted by atomic mass is 32.2. The van der Waals surface area contributed by atoms with E-state index in [1.54, 1.807) is 18.3 Å². The second-order valence-electron chi connectivity index (χ2n) is 5.12. The summed E-state index contributed by atoms with van der Waals surface area (Å²) >= 11 is 0. The third kappa shape index (κ3) is 3.55. The zero-order valence-corrected chi connectivity index (χ0v) is 13.7. The van der Waals surface area contributed by atoms with Gasteiger partial charge in [-0.05, 0) is 43.3 Å². The van der Waals surface area contributed by atoms with Gasteiger partial charge in [-0.25, -0.2) is 18.5 Å². The predicted molar refractivity (Wildman–Crippen MR) is 93.2 cm³/mol. The molecule has 0 spiro atoms. The van der Waals surface area contributed by atoms with Crippen LogP contribution in [0.15, 0.2) is 64.7 Å². The van der Waals surface area contributed by atoms with E-state index in [4.69, 9.17) is 5.14 Å². The molecule has 0 radical (unpaired) electrons. The first kappa shape index (κ1) is 16.0. The molecule has 8 heteroatoms. The summed E-state index contributed by atoms with van der Waals surface area (Å²) in [6.07, 6.45) is 1.66. The number of nitrogens with one attached hydrogen (secondary N) is 1. The molecular weight excluding hydrogens is 326 g/mol. The molecule has 0 aliphatic rings. The Hall–Kier alpha value is -2.84. The molecule has 0 unspecified atom stereocenters. The number of para-hydroxylation sites is 2. The van der Waals surface area contributed by atoms with Crippen molar-refractivity contribution in [1.82, 2.24) is 9.97 Å². The van der Waals surface area contributed by atoms with Crippen molar-refractivity contribution < 1.29 is 8.42 Å². The largest absolute Gasteiger partial charge is 0.278 e. The van der Waals surface area contributed by atoms with Gasteiger partial charge in [-0.3, -0.25) is 10.4 Å². The molecule has 0 bridgehead atoms. The van der Waals surface area contributed by atoms with Crippen LogP contribution in [0.3, 0.4) is 0 Å². The molecule has 122 valence electrons. The predicted octanol–water partition coefficient (Wildman–Crippen LogP) is 2.11. The van der Waals surface area contributed by atoms with Crippen LogP contribution in [-0.2, 0) is 10.0 Å². The number of hydrogen-bond acceptors (Lipinski definition) is 6. The van der Waals surface area contributed by atoms with E-state index in [0.29, 0.717) is 17.1 Å². The fraction of sp³-hybridized carbons (Fsp3) is 0.0625. The lowest BCUT2D eigenvalue weighted by atomic mass is 10.2. The third-order valence-corrected chi connectivity index (χ3v) is 4.28. The average molecular weight is 341 g/mol. The summed E-state index contributed by atoms with van der Waals surface area (Å²) in [7, 11) is -3.70. The van der Waals surface area contributed by atoms with Crippen molar-refractivity contribution >= 4 is 32.5 Å². The topological polar surface area (TPSA) is 110 Å². The minimum absolute atomic E-state index is 0.0501. The maximum absolute atomic E-state index is 11.2. The highest BCUT2D eigenvalue weighted by Crippen LogP contribution is 2.13. The molecule has 1 aromatic heterocycles. The molecule has 1 heterocycles. The standard InChI is InChI=1S/C16H15N5O2S/c1-11(16-10-18-14-4-2-3-5-15(14)19-16)20-21-12-6-8-13(9-7-12)24(17,22)23/h2-10,21H,1H3,(H2,17,22,23)/b20-11+. The molecule has 0 amide bonds. The van der Waals surface area contributed by atoms with E-state index in [9.17, 15) is 8.42 Å². The van der Waals surface area contributed by atoms with Gasteiger partial charge in [-0.15, -0.1) is 0 Å². The van der Waals surface area contributed by atoms with Crippen molar-refractivity contribution in [3.63, 3.8) is 0 Å². The fourth-order valence-corrected chi connectivity index (χ4v) is 2.57. The Morgan fingerprint density at radius 1 is 1.08 bits per heavy atom. The molecule has 3 N–H and O–H groups in total. The van der Waals surface area contributed by atoms with Crippen LogP contribution in [0.5, 0.6) is 0 Å². The maximum Gasteiger partial charge on any atom is 0.238 e. The number of fused-ring (bicyclic) bond motifs is 1. The Labute approximate surface area is 139 Å².